The highest BCUT2D eigenvalue weighted by molar-refractivity contribution is 5.17. The molecule has 1 aromatic heterocycles. The molecule has 1 unspecified atom stereocenters. The summed E-state index contributed by atoms with van der Waals surface area (Å²) in [5.41, 5.74) is 1.05. The monoisotopic (exact) mass is 265 g/mol. The van der Waals surface area contributed by atoms with Gasteiger partial charge in [0.25, 0.3) is 0 Å². The van der Waals surface area contributed by atoms with Crippen LogP contribution < -0.4 is 4.74 Å². The van der Waals surface area contributed by atoms with Crippen molar-refractivity contribution < 1.29 is 14.2 Å². The average Bonchev–Trinajstić information content (AvgIpc) is 2.45. The van der Waals surface area contributed by atoms with Crippen LogP contribution in [0.2, 0.25) is 0 Å². The normalized spacial score (nSPS) is 19.6. The summed E-state index contributed by atoms with van der Waals surface area (Å²) in [7, 11) is 0. The van der Waals surface area contributed by atoms with Crippen molar-refractivity contribution in [1.82, 2.24) is 4.98 Å². The highest BCUT2D eigenvalue weighted by atomic mass is 16.7. The lowest BCUT2D eigenvalue weighted by Crippen LogP contribution is -2.24. The van der Waals surface area contributed by atoms with Crippen LogP contribution in [0, 0.1) is 0 Å². The largest absolute Gasteiger partial charge is 0.475 e. The minimum atomic E-state index is -0.0488. The minimum absolute atomic E-state index is 0.0488. The van der Waals surface area contributed by atoms with Crippen molar-refractivity contribution >= 4 is 0 Å². The number of nitrogens with zero attached hydrogens (tertiary/aromatic N) is 1. The Labute approximate surface area is 115 Å². The van der Waals surface area contributed by atoms with Crippen molar-refractivity contribution in [2.24, 2.45) is 0 Å². The maximum absolute atomic E-state index is 5.61. The Bertz CT molecular complexity index is 375. The van der Waals surface area contributed by atoms with Gasteiger partial charge in [-0.05, 0) is 31.2 Å². The molecule has 0 saturated carbocycles. The Morgan fingerprint density at radius 2 is 2.21 bits per heavy atom. The van der Waals surface area contributed by atoms with Crippen molar-refractivity contribution in [3.8, 4) is 5.88 Å². The second kappa shape index (κ2) is 7.46. The molecule has 0 aromatic carbocycles. The predicted octanol–water partition coefficient (Wildman–Crippen LogP) is 3.13. The van der Waals surface area contributed by atoms with Gasteiger partial charge in [0, 0.05) is 18.4 Å². The van der Waals surface area contributed by atoms with E-state index in [0.29, 0.717) is 25.0 Å². The minimum Gasteiger partial charge on any atom is -0.475 e. The lowest BCUT2D eigenvalue weighted by molar-refractivity contribution is -0.165. The molecule has 1 fully saturated rings. The molecular formula is C15H23NO3. The number of pyridine rings is 1. The van der Waals surface area contributed by atoms with Crippen molar-refractivity contribution in [3.05, 3.63) is 23.9 Å². The molecule has 4 heteroatoms. The molecule has 0 spiro atoms. The van der Waals surface area contributed by atoms with Crippen LogP contribution in [-0.2, 0) is 9.47 Å². The zero-order valence-corrected chi connectivity index (χ0v) is 11.8. The summed E-state index contributed by atoms with van der Waals surface area (Å²) in [5, 5.41) is 0. The Hall–Kier alpha value is -1.13. The summed E-state index contributed by atoms with van der Waals surface area (Å²) < 4.78 is 16.7. The molecule has 0 bridgehead atoms. The third-order valence-electron chi connectivity index (χ3n) is 3.11. The molecule has 4 nitrogen and oxygen atoms in total. The van der Waals surface area contributed by atoms with Crippen molar-refractivity contribution in [1.29, 1.82) is 0 Å². The molecule has 106 valence electrons. The first-order chi connectivity index (χ1) is 9.25. The predicted molar refractivity (Wildman–Crippen MR) is 73.4 cm³/mol. The van der Waals surface area contributed by atoms with E-state index < -0.39 is 0 Å². The van der Waals surface area contributed by atoms with Gasteiger partial charge in [-0.1, -0.05) is 19.9 Å². The van der Waals surface area contributed by atoms with Gasteiger partial charge in [-0.2, -0.15) is 0 Å². The fourth-order valence-electron chi connectivity index (χ4n) is 2.00. The zero-order chi connectivity index (χ0) is 13.5. The van der Waals surface area contributed by atoms with Crippen LogP contribution in [0.15, 0.2) is 18.2 Å². The van der Waals surface area contributed by atoms with Crippen molar-refractivity contribution in [2.75, 3.05) is 19.8 Å². The molecule has 1 aromatic rings. The Kier molecular flexibility index (Phi) is 5.61. The first-order valence-electron chi connectivity index (χ1n) is 7.08. The van der Waals surface area contributed by atoms with E-state index in [1.54, 1.807) is 0 Å². The van der Waals surface area contributed by atoms with E-state index in [4.69, 9.17) is 14.2 Å². The molecular weight excluding hydrogens is 242 g/mol. The highest BCUT2D eigenvalue weighted by Crippen LogP contribution is 2.16. The zero-order valence-electron chi connectivity index (χ0n) is 11.8. The smallest absolute Gasteiger partial charge is 0.213 e. The van der Waals surface area contributed by atoms with E-state index in [2.05, 4.69) is 18.8 Å². The first-order valence-corrected chi connectivity index (χ1v) is 7.08. The number of aromatic nitrogens is 1. The number of ether oxygens (including phenoxy) is 3. The Morgan fingerprint density at radius 1 is 1.32 bits per heavy atom. The van der Waals surface area contributed by atoms with Gasteiger partial charge in [-0.3, -0.25) is 0 Å². The molecule has 1 atom stereocenters. The van der Waals surface area contributed by atoms with Gasteiger partial charge in [0.1, 0.15) is 6.61 Å². The van der Waals surface area contributed by atoms with E-state index in [-0.39, 0.29) is 6.29 Å². The summed E-state index contributed by atoms with van der Waals surface area (Å²) in [6, 6.07) is 5.87. The van der Waals surface area contributed by atoms with Crippen LogP contribution in [0.5, 0.6) is 5.88 Å². The van der Waals surface area contributed by atoms with Gasteiger partial charge in [-0.15, -0.1) is 0 Å². The topological polar surface area (TPSA) is 40.6 Å². The molecule has 2 rings (SSSR count). The van der Waals surface area contributed by atoms with E-state index >= 15 is 0 Å². The third-order valence-corrected chi connectivity index (χ3v) is 3.11. The highest BCUT2D eigenvalue weighted by Gasteiger charge is 2.13. The van der Waals surface area contributed by atoms with Gasteiger partial charge in [0.05, 0.1) is 6.61 Å². The van der Waals surface area contributed by atoms with Crippen LogP contribution in [-0.4, -0.2) is 31.1 Å². The third kappa shape index (κ3) is 4.80. The molecule has 0 amide bonds. The maximum Gasteiger partial charge on any atom is 0.213 e. The van der Waals surface area contributed by atoms with E-state index in [1.165, 1.54) is 6.42 Å². The second-order valence-electron chi connectivity index (χ2n) is 5.07. The summed E-state index contributed by atoms with van der Waals surface area (Å²) in [6.07, 6.45) is 3.26. The second-order valence-corrected chi connectivity index (χ2v) is 5.07. The van der Waals surface area contributed by atoms with Gasteiger partial charge in [0.15, 0.2) is 6.29 Å². The Morgan fingerprint density at radius 3 is 2.95 bits per heavy atom. The van der Waals surface area contributed by atoms with Gasteiger partial charge >= 0.3 is 0 Å². The van der Waals surface area contributed by atoms with Gasteiger partial charge in [0.2, 0.25) is 5.88 Å². The summed E-state index contributed by atoms with van der Waals surface area (Å²) in [4.78, 5) is 4.45. The molecule has 1 aliphatic rings. The molecule has 0 N–H and O–H groups in total. The Balaban J connectivity index is 1.68. The molecule has 2 heterocycles. The number of hydrogen-bond donors (Lipinski definition) is 0. The summed E-state index contributed by atoms with van der Waals surface area (Å²) in [5.74, 6) is 1.08. The molecule has 19 heavy (non-hydrogen) atoms. The fraction of sp³-hybridized carbons (Fsp3) is 0.667. The van der Waals surface area contributed by atoms with E-state index in [1.807, 2.05) is 18.2 Å². The number of rotatable bonds is 6. The quantitative estimate of drug-likeness (QED) is 0.741. The van der Waals surface area contributed by atoms with Gasteiger partial charge in [-0.25, -0.2) is 4.98 Å². The SMILES string of the molecule is CC(C)c1cccc(OCCOC2CCCCO2)n1. The lowest BCUT2D eigenvalue weighted by atomic mass is 10.1. The van der Waals surface area contributed by atoms with Crippen LogP contribution in [0.1, 0.15) is 44.7 Å². The van der Waals surface area contributed by atoms with Crippen LogP contribution in [0.3, 0.4) is 0 Å². The lowest BCUT2D eigenvalue weighted by Gasteiger charge is -2.22. The average molecular weight is 265 g/mol. The van der Waals surface area contributed by atoms with Gasteiger partial charge < -0.3 is 14.2 Å². The molecule has 0 aliphatic carbocycles. The fourth-order valence-corrected chi connectivity index (χ4v) is 2.00. The van der Waals surface area contributed by atoms with Crippen LogP contribution in [0.4, 0.5) is 0 Å². The van der Waals surface area contributed by atoms with Crippen LogP contribution >= 0.6 is 0 Å². The van der Waals surface area contributed by atoms with Crippen LogP contribution in [0.25, 0.3) is 0 Å². The van der Waals surface area contributed by atoms with E-state index in [0.717, 1.165) is 25.1 Å². The first kappa shape index (κ1) is 14.3. The van der Waals surface area contributed by atoms with Crippen molar-refractivity contribution in [2.45, 2.75) is 45.3 Å². The van der Waals surface area contributed by atoms with E-state index in [9.17, 15) is 0 Å². The summed E-state index contributed by atoms with van der Waals surface area (Å²) in [6.45, 7) is 6.10. The summed E-state index contributed by atoms with van der Waals surface area (Å²) >= 11 is 0. The molecule has 0 radical (unpaired) electrons. The van der Waals surface area contributed by atoms with Crippen molar-refractivity contribution in [3.63, 3.8) is 0 Å². The number of hydrogen-bond acceptors (Lipinski definition) is 4. The standard InChI is InChI=1S/C15H23NO3/c1-12(2)13-6-5-7-14(16-13)17-10-11-19-15-8-3-4-9-18-15/h5-7,12,15H,3-4,8-11H2,1-2H3. The maximum atomic E-state index is 5.61. The molecule has 1 saturated heterocycles. The molecule has 1 aliphatic heterocycles.